The molecule has 0 bridgehead atoms. The molecular weight excluding hydrogens is 278 g/mol. The molecule has 3 aromatic rings. The number of aromatic amines is 1. The van der Waals surface area contributed by atoms with Gasteiger partial charge in [-0.3, -0.25) is 9.78 Å². The Morgan fingerprint density at radius 3 is 2.05 bits per heavy atom. The highest BCUT2D eigenvalue weighted by molar-refractivity contribution is 5.63. The highest BCUT2D eigenvalue weighted by Crippen LogP contribution is 2.19. The fourth-order valence-corrected chi connectivity index (χ4v) is 1.91. The van der Waals surface area contributed by atoms with Crippen LogP contribution in [0.4, 0.5) is 23.0 Å². The topological polar surface area (TPSA) is 82.7 Å². The van der Waals surface area contributed by atoms with Crippen molar-refractivity contribution in [2.24, 2.45) is 0 Å². The van der Waals surface area contributed by atoms with Gasteiger partial charge in [-0.1, -0.05) is 18.2 Å². The second-order valence-corrected chi connectivity index (χ2v) is 4.78. The lowest BCUT2D eigenvalue weighted by atomic mass is 10.2. The molecule has 6 nitrogen and oxygen atoms in total. The van der Waals surface area contributed by atoms with Crippen molar-refractivity contribution in [3.63, 3.8) is 0 Å². The van der Waals surface area contributed by atoms with E-state index >= 15 is 0 Å². The van der Waals surface area contributed by atoms with Gasteiger partial charge in [0, 0.05) is 17.1 Å². The Hall–Kier alpha value is -3.15. The quantitative estimate of drug-likeness (QED) is 0.689. The molecule has 0 atom stereocenters. The zero-order valence-corrected chi connectivity index (χ0v) is 12.0. The van der Waals surface area contributed by atoms with Crippen LogP contribution < -0.4 is 16.2 Å². The molecule has 6 heteroatoms. The van der Waals surface area contributed by atoms with Crippen molar-refractivity contribution < 1.29 is 0 Å². The normalized spacial score (nSPS) is 10.2. The molecule has 0 saturated heterocycles. The van der Waals surface area contributed by atoms with E-state index in [0.29, 0.717) is 11.6 Å². The van der Waals surface area contributed by atoms with Gasteiger partial charge in [0.2, 0.25) is 5.95 Å². The number of nitrogens with zero attached hydrogens (tertiary/aromatic N) is 2. The van der Waals surface area contributed by atoms with E-state index in [-0.39, 0.29) is 5.56 Å². The molecule has 1 heterocycles. The van der Waals surface area contributed by atoms with Crippen LogP contribution in [0.5, 0.6) is 0 Å². The minimum atomic E-state index is -0.250. The predicted molar refractivity (Wildman–Crippen MR) is 86.8 cm³/mol. The number of H-pyrrole nitrogens is 1. The number of aryl methyl sites for hydroxylation is 1. The maximum atomic E-state index is 11.5. The molecule has 1 aromatic heterocycles. The molecule has 0 amide bonds. The van der Waals surface area contributed by atoms with Crippen molar-refractivity contribution in [3.05, 3.63) is 70.6 Å². The minimum Gasteiger partial charge on any atom is -0.356 e. The lowest BCUT2D eigenvalue weighted by Crippen LogP contribution is -2.15. The van der Waals surface area contributed by atoms with E-state index < -0.39 is 0 Å². The smallest absolute Gasteiger partial charge is 0.273 e. The number of nitrogens with one attached hydrogen (secondary N) is 3. The summed E-state index contributed by atoms with van der Waals surface area (Å²) in [5, 5.41) is 14.0. The Morgan fingerprint density at radius 2 is 1.41 bits per heavy atom. The number of rotatable bonds is 4. The molecule has 3 N–H and O–H groups in total. The summed E-state index contributed by atoms with van der Waals surface area (Å²) < 4.78 is 0. The second kappa shape index (κ2) is 6.09. The lowest BCUT2D eigenvalue weighted by molar-refractivity contribution is 0.908. The molecule has 0 spiro atoms. The molecule has 3 rings (SSSR count). The first kappa shape index (κ1) is 13.8. The van der Waals surface area contributed by atoms with Gasteiger partial charge in [-0.25, -0.2) is 0 Å². The van der Waals surface area contributed by atoms with E-state index in [4.69, 9.17) is 0 Å². The first-order valence-electron chi connectivity index (χ1n) is 6.83. The Bertz CT molecular complexity index is 812. The van der Waals surface area contributed by atoms with E-state index in [2.05, 4.69) is 25.8 Å². The SMILES string of the molecule is Cc1nnc(Nc2ccc(Nc3ccccc3)cc2)[nH]c1=O. The molecule has 0 aliphatic heterocycles. The van der Waals surface area contributed by atoms with Crippen LogP contribution in [0.2, 0.25) is 0 Å². The monoisotopic (exact) mass is 293 g/mol. The Balaban J connectivity index is 1.71. The summed E-state index contributed by atoms with van der Waals surface area (Å²) in [5.74, 6) is 0.319. The second-order valence-electron chi connectivity index (χ2n) is 4.78. The summed E-state index contributed by atoms with van der Waals surface area (Å²) in [4.78, 5) is 14.1. The standard InChI is InChI=1S/C16H15N5O/c1-11-15(22)19-16(21-20-11)18-14-9-7-13(8-10-14)17-12-5-3-2-4-6-12/h2-10,17H,1H3,(H2,18,19,21,22). The van der Waals surface area contributed by atoms with Gasteiger partial charge >= 0.3 is 0 Å². The number of aromatic nitrogens is 3. The maximum Gasteiger partial charge on any atom is 0.273 e. The molecule has 0 radical (unpaired) electrons. The van der Waals surface area contributed by atoms with Crippen molar-refractivity contribution in [2.75, 3.05) is 10.6 Å². The summed E-state index contributed by atoms with van der Waals surface area (Å²) >= 11 is 0. The van der Waals surface area contributed by atoms with Gasteiger partial charge in [0.15, 0.2) is 0 Å². The third-order valence-electron chi connectivity index (χ3n) is 3.07. The highest BCUT2D eigenvalue weighted by atomic mass is 16.1. The number of benzene rings is 2. The summed E-state index contributed by atoms with van der Waals surface area (Å²) in [6.07, 6.45) is 0. The lowest BCUT2D eigenvalue weighted by Gasteiger charge is -2.08. The van der Waals surface area contributed by atoms with E-state index in [1.807, 2.05) is 54.6 Å². The zero-order chi connectivity index (χ0) is 15.4. The number of anilines is 4. The summed E-state index contributed by atoms with van der Waals surface area (Å²) in [6, 6.07) is 17.6. The molecule has 0 saturated carbocycles. The summed E-state index contributed by atoms with van der Waals surface area (Å²) in [6.45, 7) is 1.61. The molecule has 110 valence electrons. The highest BCUT2D eigenvalue weighted by Gasteiger charge is 2.01. The van der Waals surface area contributed by atoms with E-state index in [1.165, 1.54) is 0 Å². The number of hydrogen-bond donors (Lipinski definition) is 3. The van der Waals surface area contributed by atoms with Gasteiger partial charge in [-0.2, -0.15) is 0 Å². The third-order valence-corrected chi connectivity index (χ3v) is 3.07. The molecule has 0 aliphatic rings. The van der Waals surface area contributed by atoms with Crippen LogP contribution >= 0.6 is 0 Å². The van der Waals surface area contributed by atoms with Gasteiger partial charge in [-0.05, 0) is 43.3 Å². The largest absolute Gasteiger partial charge is 0.356 e. The Kier molecular flexibility index (Phi) is 3.82. The summed E-state index contributed by atoms with van der Waals surface area (Å²) in [5.41, 5.74) is 2.90. The fourth-order valence-electron chi connectivity index (χ4n) is 1.91. The maximum absolute atomic E-state index is 11.5. The van der Waals surface area contributed by atoms with Crippen molar-refractivity contribution in [3.8, 4) is 0 Å². The average Bonchev–Trinajstić information content (AvgIpc) is 2.54. The molecular formula is C16H15N5O. The molecule has 0 unspecified atom stereocenters. The van der Waals surface area contributed by atoms with Crippen molar-refractivity contribution in [1.29, 1.82) is 0 Å². The first-order chi connectivity index (χ1) is 10.7. The Morgan fingerprint density at radius 1 is 0.818 bits per heavy atom. The van der Waals surface area contributed by atoms with Gasteiger partial charge in [-0.15, -0.1) is 10.2 Å². The van der Waals surface area contributed by atoms with Gasteiger partial charge in [0.05, 0.1) is 0 Å². The fraction of sp³-hybridized carbons (Fsp3) is 0.0625. The van der Waals surface area contributed by atoms with Crippen LogP contribution in [-0.2, 0) is 0 Å². The summed E-state index contributed by atoms with van der Waals surface area (Å²) in [7, 11) is 0. The van der Waals surface area contributed by atoms with Gasteiger partial charge in [0.25, 0.3) is 5.56 Å². The first-order valence-corrected chi connectivity index (χ1v) is 6.83. The van der Waals surface area contributed by atoms with E-state index in [0.717, 1.165) is 17.1 Å². The van der Waals surface area contributed by atoms with Crippen LogP contribution in [0.3, 0.4) is 0 Å². The number of hydrogen-bond acceptors (Lipinski definition) is 5. The van der Waals surface area contributed by atoms with Gasteiger partial charge < -0.3 is 10.6 Å². The molecule has 0 aliphatic carbocycles. The van der Waals surface area contributed by atoms with Crippen molar-refractivity contribution in [2.45, 2.75) is 6.92 Å². The van der Waals surface area contributed by atoms with Gasteiger partial charge in [0.1, 0.15) is 5.69 Å². The van der Waals surface area contributed by atoms with Crippen molar-refractivity contribution >= 4 is 23.0 Å². The minimum absolute atomic E-state index is 0.250. The van der Waals surface area contributed by atoms with E-state index in [9.17, 15) is 4.79 Å². The molecule has 0 fully saturated rings. The number of para-hydroxylation sites is 1. The zero-order valence-electron chi connectivity index (χ0n) is 12.0. The molecule has 2 aromatic carbocycles. The average molecular weight is 293 g/mol. The molecule has 22 heavy (non-hydrogen) atoms. The van der Waals surface area contributed by atoms with Crippen LogP contribution in [0, 0.1) is 6.92 Å². The van der Waals surface area contributed by atoms with Crippen LogP contribution in [0.15, 0.2) is 59.4 Å². The van der Waals surface area contributed by atoms with E-state index in [1.54, 1.807) is 6.92 Å². The predicted octanol–water partition coefficient (Wildman–Crippen LogP) is 2.96. The van der Waals surface area contributed by atoms with Crippen LogP contribution in [0.1, 0.15) is 5.69 Å². The third kappa shape index (κ3) is 3.29. The van der Waals surface area contributed by atoms with Crippen LogP contribution in [-0.4, -0.2) is 15.2 Å². The van der Waals surface area contributed by atoms with Crippen LogP contribution in [0.25, 0.3) is 0 Å². The Labute approximate surface area is 127 Å². The van der Waals surface area contributed by atoms with Crippen molar-refractivity contribution in [1.82, 2.24) is 15.2 Å².